The van der Waals surface area contributed by atoms with Crippen molar-refractivity contribution in [1.82, 2.24) is 0 Å². The van der Waals surface area contributed by atoms with E-state index in [9.17, 15) is 4.79 Å². The predicted octanol–water partition coefficient (Wildman–Crippen LogP) is 6.04. The van der Waals surface area contributed by atoms with Gasteiger partial charge in [0.2, 0.25) is 0 Å². The number of carboxylic acid groups (broad SMARTS) is 1. The first kappa shape index (κ1) is 22.5. The largest absolute Gasteiger partial charge is 0.492 e. The van der Waals surface area contributed by atoms with Crippen LogP contribution in [-0.2, 0) is 11.4 Å². The molecule has 2 unspecified atom stereocenters. The summed E-state index contributed by atoms with van der Waals surface area (Å²) in [4.78, 5) is 10.8. The highest BCUT2D eigenvalue weighted by Gasteiger charge is 2.33. The zero-order valence-corrected chi connectivity index (χ0v) is 19.2. The van der Waals surface area contributed by atoms with Crippen LogP contribution in [0.25, 0.3) is 0 Å². The lowest BCUT2D eigenvalue weighted by atomic mass is 9.76. The molecule has 0 radical (unpaired) electrons. The summed E-state index contributed by atoms with van der Waals surface area (Å²) >= 11 is 0. The molecule has 1 aliphatic heterocycles. The predicted molar refractivity (Wildman–Crippen MR) is 133 cm³/mol. The maximum absolute atomic E-state index is 10.8. The smallest absolute Gasteiger partial charge is 0.341 e. The average molecular weight is 467 g/mol. The first-order valence-corrected chi connectivity index (χ1v) is 11.6. The molecule has 5 heteroatoms. The van der Waals surface area contributed by atoms with Crippen LogP contribution in [-0.4, -0.2) is 24.3 Å². The summed E-state index contributed by atoms with van der Waals surface area (Å²) in [5, 5.41) is 8.88. The van der Waals surface area contributed by atoms with Gasteiger partial charge in [-0.3, -0.25) is 0 Å². The summed E-state index contributed by atoms with van der Waals surface area (Å²) in [7, 11) is 0. The zero-order valence-electron chi connectivity index (χ0n) is 19.2. The molecule has 176 valence electrons. The van der Waals surface area contributed by atoms with E-state index >= 15 is 0 Å². The number of carbonyl (C=O) groups is 1. The summed E-state index contributed by atoms with van der Waals surface area (Å²) in [6.07, 6.45) is 0. The molecule has 2 atom stereocenters. The third kappa shape index (κ3) is 5.30. The molecule has 1 heterocycles. The highest BCUT2D eigenvalue weighted by molar-refractivity contribution is 5.68. The first-order chi connectivity index (χ1) is 17.2. The van der Waals surface area contributed by atoms with Crippen LogP contribution in [0.2, 0.25) is 0 Å². The van der Waals surface area contributed by atoms with Gasteiger partial charge >= 0.3 is 5.97 Å². The van der Waals surface area contributed by atoms with E-state index in [0.717, 1.165) is 28.2 Å². The average Bonchev–Trinajstić information content (AvgIpc) is 2.91. The molecule has 0 bridgehead atoms. The Labute approximate surface area is 204 Å². The summed E-state index contributed by atoms with van der Waals surface area (Å²) in [6, 6.07) is 34.2. The van der Waals surface area contributed by atoms with Crippen molar-refractivity contribution in [3.05, 3.63) is 125 Å². The number of carboxylic acids is 1. The summed E-state index contributed by atoms with van der Waals surface area (Å²) < 4.78 is 17.6. The number of hydrogen-bond acceptors (Lipinski definition) is 4. The normalized spacial score (nSPS) is 16.6. The van der Waals surface area contributed by atoms with Gasteiger partial charge in [-0.1, -0.05) is 78.9 Å². The number of aliphatic carboxylic acids is 1. The van der Waals surface area contributed by atoms with Crippen molar-refractivity contribution in [3.63, 3.8) is 0 Å². The van der Waals surface area contributed by atoms with E-state index in [4.69, 9.17) is 19.3 Å². The van der Waals surface area contributed by atoms with Crippen molar-refractivity contribution in [2.45, 2.75) is 18.4 Å². The molecule has 5 rings (SSSR count). The van der Waals surface area contributed by atoms with Crippen LogP contribution >= 0.6 is 0 Å². The second-order valence-corrected chi connectivity index (χ2v) is 8.53. The summed E-state index contributed by atoms with van der Waals surface area (Å²) in [5.74, 6) is 1.32. The fraction of sp³-hybridized carbons (Fsp3) is 0.167. The lowest BCUT2D eigenvalue weighted by Gasteiger charge is -2.34. The quantitative estimate of drug-likeness (QED) is 0.343. The number of benzene rings is 4. The zero-order chi connectivity index (χ0) is 24.0. The molecule has 1 aliphatic rings. The highest BCUT2D eigenvalue weighted by atomic mass is 16.5. The van der Waals surface area contributed by atoms with E-state index in [1.165, 1.54) is 5.56 Å². The van der Waals surface area contributed by atoms with E-state index < -0.39 is 5.97 Å². The molecule has 0 aliphatic carbocycles. The van der Waals surface area contributed by atoms with Crippen LogP contribution in [0.1, 0.15) is 34.1 Å². The Morgan fingerprint density at radius 3 is 2.20 bits per heavy atom. The summed E-state index contributed by atoms with van der Waals surface area (Å²) in [6.45, 7) is 0.673. The molecule has 0 saturated heterocycles. The first-order valence-electron chi connectivity index (χ1n) is 11.6. The second kappa shape index (κ2) is 10.3. The molecule has 5 nitrogen and oxygen atoms in total. The van der Waals surface area contributed by atoms with Crippen molar-refractivity contribution >= 4 is 5.97 Å². The molecule has 1 N–H and O–H groups in total. The van der Waals surface area contributed by atoms with Crippen molar-refractivity contribution in [2.75, 3.05) is 13.2 Å². The number of hydrogen-bond donors (Lipinski definition) is 1. The van der Waals surface area contributed by atoms with Gasteiger partial charge in [-0.25, -0.2) is 4.79 Å². The van der Waals surface area contributed by atoms with E-state index in [-0.39, 0.29) is 18.4 Å². The van der Waals surface area contributed by atoms with Gasteiger partial charge in [-0.2, -0.15) is 0 Å². The monoisotopic (exact) mass is 466 g/mol. The Balaban J connectivity index is 1.44. The minimum atomic E-state index is -0.998. The highest BCUT2D eigenvalue weighted by Crippen LogP contribution is 2.47. The fourth-order valence-electron chi connectivity index (χ4n) is 4.54. The molecule has 4 aromatic carbocycles. The van der Waals surface area contributed by atoms with Gasteiger partial charge in [0.1, 0.15) is 23.9 Å². The maximum Gasteiger partial charge on any atom is 0.341 e. The minimum absolute atomic E-state index is 0.0675. The standard InChI is InChI=1S/C30H26O5/c31-29(32)20-34-24-13-11-23(12-14-24)30-26-16-15-25(33-18-21-7-3-1-4-8-21)17-28(26)35-19-27(30)22-9-5-2-6-10-22/h1-17,27,30H,18-20H2,(H,31,32). The van der Waals surface area contributed by atoms with Gasteiger partial charge in [-0.15, -0.1) is 0 Å². The lowest BCUT2D eigenvalue weighted by Crippen LogP contribution is -2.25. The topological polar surface area (TPSA) is 65.0 Å². The van der Waals surface area contributed by atoms with Crippen LogP contribution in [0.4, 0.5) is 0 Å². The molecule has 0 aromatic heterocycles. The third-order valence-electron chi connectivity index (χ3n) is 6.22. The second-order valence-electron chi connectivity index (χ2n) is 8.53. The van der Waals surface area contributed by atoms with Gasteiger partial charge in [0, 0.05) is 23.5 Å². The molecular formula is C30H26O5. The van der Waals surface area contributed by atoms with E-state index in [1.54, 1.807) is 0 Å². The van der Waals surface area contributed by atoms with Gasteiger partial charge in [-0.05, 0) is 34.9 Å². The van der Waals surface area contributed by atoms with Gasteiger partial charge in [0.15, 0.2) is 6.61 Å². The Morgan fingerprint density at radius 1 is 0.800 bits per heavy atom. The van der Waals surface area contributed by atoms with Gasteiger partial charge in [0.05, 0.1) is 6.61 Å². The Morgan fingerprint density at radius 2 is 1.49 bits per heavy atom. The van der Waals surface area contributed by atoms with Crippen molar-refractivity contribution < 1.29 is 24.1 Å². The number of rotatable bonds is 8. The van der Waals surface area contributed by atoms with Crippen LogP contribution < -0.4 is 14.2 Å². The molecule has 0 amide bonds. The Hall–Kier alpha value is -4.25. The van der Waals surface area contributed by atoms with Crippen LogP contribution in [0, 0.1) is 0 Å². The number of fused-ring (bicyclic) bond motifs is 1. The molecule has 0 saturated carbocycles. The molecule has 0 spiro atoms. The van der Waals surface area contributed by atoms with Crippen molar-refractivity contribution in [3.8, 4) is 17.2 Å². The van der Waals surface area contributed by atoms with Gasteiger partial charge < -0.3 is 19.3 Å². The van der Waals surface area contributed by atoms with Crippen LogP contribution in [0.3, 0.4) is 0 Å². The van der Waals surface area contributed by atoms with Crippen molar-refractivity contribution in [1.29, 1.82) is 0 Å². The molecule has 0 fully saturated rings. The number of ether oxygens (including phenoxy) is 3. The van der Waals surface area contributed by atoms with Crippen LogP contribution in [0.5, 0.6) is 17.2 Å². The molecular weight excluding hydrogens is 440 g/mol. The van der Waals surface area contributed by atoms with E-state index in [0.29, 0.717) is 19.0 Å². The maximum atomic E-state index is 10.8. The summed E-state index contributed by atoms with van der Waals surface area (Å²) in [5.41, 5.74) is 4.53. The lowest BCUT2D eigenvalue weighted by molar-refractivity contribution is -0.139. The Kier molecular flexibility index (Phi) is 6.66. The van der Waals surface area contributed by atoms with Gasteiger partial charge in [0.25, 0.3) is 0 Å². The van der Waals surface area contributed by atoms with E-state index in [1.807, 2.05) is 84.9 Å². The SMILES string of the molecule is O=C(O)COc1ccc(C2c3ccc(OCc4ccccc4)cc3OCC2c2ccccc2)cc1. The fourth-order valence-corrected chi connectivity index (χ4v) is 4.54. The Bertz CT molecular complexity index is 1270. The molecule has 4 aromatic rings. The third-order valence-corrected chi connectivity index (χ3v) is 6.22. The minimum Gasteiger partial charge on any atom is -0.492 e. The van der Waals surface area contributed by atoms with Crippen LogP contribution in [0.15, 0.2) is 103 Å². The molecule has 35 heavy (non-hydrogen) atoms. The van der Waals surface area contributed by atoms with E-state index in [2.05, 4.69) is 18.2 Å². The van der Waals surface area contributed by atoms with Crippen molar-refractivity contribution in [2.24, 2.45) is 0 Å².